The highest BCUT2D eigenvalue weighted by Gasteiger charge is 2.13. The minimum Gasteiger partial charge on any atom is -0.329 e. The van der Waals surface area contributed by atoms with Gasteiger partial charge < -0.3 is 9.88 Å². The molecule has 2 heterocycles. The Morgan fingerprint density at radius 1 is 1.71 bits per heavy atom. The average molecular weight is 211 g/mol. The molecule has 1 atom stereocenters. The van der Waals surface area contributed by atoms with Crippen molar-refractivity contribution in [1.29, 1.82) is 0 Å². The fourth-order valence-corrected chi connectivity index (χ4v) is 2.82. The summed E-state index contributed by atoms with van der Waals surface area (Å²) in [5.74, 6) is 2.02. The number of aryl methyl sites for hydroxylation is 1. The highest BCUT2D eigenvalue weighted by atomic mass is 32.2. The van der Waals surface area contributed by atoms with Crippen LogP contribution in [-0.4, -0.2) is 28.4 Å². The van der Waals surface area contributed by atoms with E-state index in [-0.39, 0.29) is 0 Å². The van der Waals surface area contributed by atoms with E-state index in [2.05, 4.69) is 21.9 Å². The van der Waals surface area contributed by atoms with Crippen LogP contribution in [0.3, 0.4) is 0 Å². The first-order valence-electron chi connectivity index (χ1n) is 5.17. The number of aromatic nitrogens is 2. The summed E-state index contributed by atoms with van der Waals surface area (Å²) in [6, 6.07) is 0. The third kappa shape index (κ3) is 2.51. The van der Waals surface area contributed by atoms with Crippen LogP contribution in [0.4, 0.5) is 0 Å². The zero-order chi connectivity index (χ0) is 9.80. The van der Waals surface area contributed by atoms with E-state index in [1.807, 2.05) is 24.2 Å². The van der Waals surface area contributed by atoms with Crippen LogP contribution in [0.1, 0.15) is 12.8 Å². The monoisotopic (exact) mass is 211 g/mol. The molecule has 1 aromatic rings. The molecule has 0 aromatic carbocycles. The molecule has 1 saturated heterocycles. The number of rotatable bonds is 3. The lowest BCUT2D eigenvalue weighted by Gasteiger charge is -2.21. The molecule has 0 aliphatic carbocycles. The minimum atomic E-state index is 0.824. The molecule has 78 valence electrons. The predicted octanol–water partition coefficient (Wildman–Crippen LogP) is 1.51. The standard InChI is InChI=1S/C10H17N3S/c1-13-6-5-12-10(13)14-8-9-3-2-4-11-7-9/h5-6,9,11H,2-4,7-8H2,1H3/t9-/m0/s1. The number of piperidine rings is 1. The molecule has 1 N–H and O–H groups in total. The van der Waals surface area contributed by atoms with E-state index in [1.165, 1.54) is 31.7 Å². The molecule has 3 nitrogen and oxygen atoms in total. The maximum absolute atomic E-state index is 4.31. The van der Waals surface area contributed by atoms with Crippen LogP contribution >= 0.6 is 11.8 Å². The van der Waals surface area contributed by atoms with Gasteiger partial charge in [-0.3, -0.25) is 0 Å². The predicted molar refractivity (Wildman–Crippen MR) is 59.5 cm³/mol. The molecule has 2 rings (SSSR count). The zero-order valence-corrected chi connectivity index (χ0v) is 9.39. The lowest BCUT2D eigenvalue weighted by atomic mass is 10.0. The number of hydrogen-bond donors (Lipinski definition) is 1. The minimum absolute atomic E-state index is 0.824. The summed E-state index contributed by atoms with van der Waals surface area (Å²) in [7, 11) is 2.05. The number of thioether (sulfide) groups is 1. The molecule has 14 heavy (non-hydrogen) atoms. The van der Waals surface area contributed by atoms with Crippen molar-refractivity contribution in [2.24, 2.45) is 13.0 Å². The van der Waals surface area contributed by atoms with Crippen molar-refractivity contribution < 1.29 is 0 Å². The summed E-state index contributed by atoms with van der Waals surface area (Å²) in [5, 5.41) is 4.57. The third-order valence-corrected chi connectivity index (χ3v) is 3.91. The van der Waals surface area contributed by atoms with Crippen LogP contribution in [-0.2, 0) is 7.05 Å². The van der Waals surface area contributed by atoms with Crippen molar-refractivity contribution in [2.75, 3.05) is 18.8 Å². The Morgan fingerprint density at radius 3 is 3.29 bits per heavy atom. The highest BCUT2D eigenvalue weighted by molar-refractivity contribution is 7.99. The van der Waals surface area contributed by atoms with E-state index in [1.54, 1.807) is 0 Å². The van der Waals surface area contributed by atoms with Gasteiger partial charge in [-0.25, -0.2) is 4.98 Å². The Bertz CT molecular complexity index is 279. The van der Waals surface area contributed by atoms with Crippen LogP contribution < -0.4 is 5.32 Å². The van der Waals surface area contributed by atoms with Gasteiger partial charge in [0.25, 0.3) is 0 Å². The topological polar surface area (TPSA) is 29.9 Å². The highest BCUT2D eigenvalue weighted by Crippen LogP contribution is 2.21. The van der Waals surface area contributed by atoms with Crippen molar-refractivity contribution in [2.45, 2.75) is 18.0 Å². The zero-order valence-electron chi connectivity index (χ0n) is 8.57. The molecule has 0 radical (unpaired) electrons. The van der Waals surface area contributed by atoms with Gasteiger partial charge in [-0.15, -0.1) is 0 Å². The molecule has 0 unspecified atom stereocenters. The second-order valence-electron chi connectivity index (χ2n) is 3.84. The lowest BCUT2D eigenvalue weighted by Crippen LogP contribution is -2.30. The molecular formula is C10H17N3S. The van der Waals surface area contributed by atoms with E-state index in [0.29, 0.717) is 0 Å². The molecule has 0 bridgehead atoms. The van der Waals surface area contributed by atoms with E-state index in [0.717, 1.165) is 11.1 Å². The molecule has 1 fully saturated rings. The van der Waals surface area contributed by atoms with Crippen LogP contribution in [0.25, 0.3) is 0 Å². The summed E-state index contributed by atoms with van der Waals surface area (Å²) in [5.41, 5.74) is 0. The van der Waals surface area contributed by atoms with E-state index < -0.39 is 0 Å². The van der Waals surface area contributed by atoms with Gasteiger partial charge in [0.15, 0.2) is 5.16 Å². The van der Waals surface area contributed by atoms with Crippen molar-refractivity contribution >= 4 is 11.8 Å². The quantitative estimate of drug-likeness (QED) is 0.769. The molecule has 4 heteroatoms. The third-order valence-electron chi connectivity index (χ3n) is 2.62. The van der Waals surface area contributed by atoms with Gasteiger partial charge in [-0.1, -0.05) is 11.8 Å². The van der Waals surface area contributed by atoms with Crippen LogP contribution in [0, 0.1) is 5.92 Å². The first-order chi connectivity index (χ1) is 6.86. The Balaban J connectivity index is 1.79. The van der Waals surface area contributed by atoms with Crippen LogP contribution in [0.15, 0.2) is 17.6 Å². The Labute approximate surface area is 89.3 Å². The van der Waals surface area contributed by atoms with Crippen molar-refractivity contribution in [3.8, 4) is 0 Å². The first-order valence-corrected chi connectivity index (χ1v) is 6.15. The maximum Gasteiger partial charge on any atom is 0.167 e. The van der Waals surface area contributed by atoms with Gasteiger partial charge in [-0.05, 0) is 31.8 Å². The normalized spacial score (nSPS) is 22.5. The molecular weight excluding hydrogens is 194 g/mol. The summed E-state index contributed by atoms with van der Waals surface area (Å²) in [4.78, 5) is 4.31. The number of nitrogens with one attached hydrogen (secondary N) is 1. The summed E-state index contributed by atoms with van der Waals surface area (Å²) >= 11 is 1.87. The molecule has 1 aromatic heterocycles. The molecule has 1 aliphatic rings. The van der Waals surface area contributed by atoms with Crippen LogP contribution in [0.2, 0.25) is 0 Å². The number of nitrogens with zero attached hydrogens (tertiary/aromatic N) is 2. The summed E-state index contributed by atoms with van der Waals surface area (Å²) in [6.45, 7) is 2.38. The van der Waals surface area contributed by atoms with Gasteiger partial charge in [0.1, 0.15) is 0 Å². The fraction of sp³-hybridized carbons (Fsp3) is 0.700. The average Bonchev–Trinajstić information content (AvgIpc) is 2.63. The van der Waals surface area contributed by atoms with Crippen molar-refractivity contribution in [1.82, 2.24) is 14.9 Å². The van der Waals surface area contributed by atoms with Crippen molar-refractivity contribution in [3.05, 3.63) is 12.4 Å². The molecule has 0 amide bonds. The first kappa shape index (κ1) is 10.1. The Hall–Kier alpha value is -0.480. The van der Waals surface area contributed by atoms with E-state index in [9.17, 15) is 0 Å². The van der Waals surface area contributed by atoms with Gasteiger partial charge in [0, 0.05) is 25.2 Å². The molecule has 0 saturated carbocycles. The van der Waals surface area contributed by atoms with Gasteiger partial charge in [0.2, 0.25) is 0 Å². The Kier molecular flexibility index (Phi) is 3.48. The smallest absolute Gasteiger partial charge is 0.167 e. The van der Waals surface area contributed by atoms with Gasteiger partial charge >= 0.3 is 0 Å². The summed E-state index contributed by atoms with van der Waals surface area (Å²) in [6.07, 6.45) is 6.55. The Morgan fingerprint density at radius 2 is 2.64 bits per heavy atom. The second kappa shape index (κ2) is 4.84. The van der Waals surface area contributed by atoms with Crippen molar-refractivity contribution in [3.63, 3.8) is 0 Å². The van der Waals surface area contributed by atoms with E-state index in [4.69, 9.17) is 0 Å². The number of hydrogen-bond acceptors (Lipinski definition) is 3. The SMILES string of the molecule is Cn1ccnc1SC[C@H]1CCCNC1. The summed E-state index contributed by atoms with van der Waals surface area (Å²) < 4.78 is 2.08. The molecule has 0 spiro atoms. The lowest BCUT2D eigenvalue weighted by molar-refractivity contribution is 0.410. The second-order valence-corrected chi connectivity index (χ2v) is 4.83. The van der Waals surface area contributed by atoms with E-state index >= 15 is 0 Å². The molecule has 1 aliphatic heterocycles. The van der Waals surface area contributed by atoms with Crippen LogP contribution in [0.5, 0.6) is 0 Å². The number of imidazole rings is 1. The fourth-order valence-electron chi connectivity index (χ4n) is 1.75. The van der Waals surface area contributed by atoms with Gasteiger partial charge in [-0.2, -0.15) is 0 Å². The maximum atomic E-state index is 4.31. The van der Waals surface area contributed by atoms with Gasteiger partial charge in [0.05, 0.1) is 0 Å². The largest absolute Gasteiger partial charge is 0.329 e.